The van der Waals surface area contributed by atoms with Gasteiger partial charge < -0.3 is 10.0 Å². The van der Waals surface area contributed by atoms with Gasteiger partial charge in [0.15, 0.2) is 0 Å². The van der Waals surface area contributed by atoms with Gasteiger partial charge in [0.05, 0.1) is 22.6 Å². The van der Waals surface area contributed by atoms with Crippen LogP contribution in [0.5, 0.6) is 0 Å². The highest BCUT2D eigenvalue weighted by molar-refractivity contribution is 7.89. The van der Waals surface area contributed by atoms with E-state index in [1.807, 2.05) is 28.9 Å². The Hall–Kier alpha value is -2.98. The number of sulfonamides is 1. The van der Waals surface area contributed by atoms with Gasteiger partial charge in [-0.15, -0.1) is 0 Å². The first-order valence-electron chi connectivity index (χ1n) is 7.96. The molecule has 0 heterocycles. The number of nitrogens with zero attached hydrogens (tertiary/aromatic N) is 3. The highest BCUT2D eigenvalue weighted by Gasteiger charge is 2.19. The van der Waals surface area contributed by atoms with Crippen LogP contribution in [-0.2, 0) is 10.0 Å². The number of benzene rings is 2. The lowest BCUT2D eigenvalue weighted by atomic mass is 10.2. The number of nitro benzene ring substituents is 1. The van der Waals surface area contributed by atoms with Crippen molar-refractivity contribution in [1.82, 2.24) is 4.83 Å². The van der Waals surface area contributed by atoms with E-state index in [1.165, 1.54) is 25.3 Å². The number of aryl methyl sites for hydroxylation is 1. The third-order valence-electron chi connectivity index (χ3n) is 3.84. The van der Waals surface area contributed by atoms with E-state index in [2.05, 4.69) is 5.10 Å². The molecule has 0 aliphatic carbocycles. The van der Waals surface area contributed by atoms with Crippen molar-refractivity contribution < 1.29 is 18.4 Å². The fourth-order valence-corrected chi connectivity index (χ4v) is 3.08. The van der Waals surface area contributed by atoms with Gasteiger partial charge in [0.25, 0.3) is 15.7 Å². The number of hydrazone groups is 1. The summed E-state index contributed by atoms with van der Waals surface area (Å²) in [7, 11) is -2.18. The molecule has 0 aliphatic rings. The van der Waals surface area contributed by atoms with Crippen LogP contribution in [0, 0.1) is 17.0 Å². The lowest BCUT2D eigenvalue weighted by Gasteiger charge is -2.17. The van der Waals surface area contributed by atoms with Crippen LogP contribution >= 0.6 is 0 Å². The van der Waals surface area contributed by atoms with Crippen LogP contribution in [0.3, 0.4) is 0 Å². The zero-order valence-electron chi connectivity index (χ0n) is 14.9. The second-order valence-corrected chi connectivity index (χ2v) is 7.46. The molecule has 0 aliphatic heterocycles. The average Bonchev–Trinajstić information content (AvgIpc) is 2.62. The smallest absolute Gasteiger partial charge is 0.276 e. The third-order valence-corrected chi connectivity index (χ3v) is 5.06. The summed E-state index contributed by atoms with van der Waals surface area (Å²) in [5.74, 6) is 0. The second kappa shape index (κ2) is 8.60. The summed E-state index contributed by atoms with van der Waals surface area (Å²) < 4.78 is 24.5. The maximum Gasteiger partial charge on any atom is 0.276 e. The Balaban J connectivity index is 2.11. The Morgan fingerprint density at radius 3 is 2.52 bits per heavy atom. The molecule has 9 nitrogen and oxygen atoms in total. The fourth-order valence-electron chi connectivity index (χ4n) is 2.27. The standard InChI is InChI=1S/C17H20N4O5S/c1-13-3-8-16(11-17(13)21(23)24)27(25,26)19-18-12-14-4-6-15(7-5-14)20(2)9-10-22/h3-8,11-12,19,22H,9-10H2,1-2H3/b18-12+. The highest BCUT2D eigenvalue weighted by atomic mass is 32.2. The molecule has 10 heteroatoms. The lowest BCUT2D eigenvalue weighted by molar-refractivity contribution is -0.385. The quantitative estimate of drug-likeness (QED) is 0.400. The summed E-state index contributed by atoms with van der Waals surface area (Å²) in [5, 5.41) is 23.6. The Morgan fingerprint density at radius 2 is 1.93 bits per heavy atom. The molecule has 2 N–H and O–H groups in total. The van der Waals surface area contributed by atoms with E-state index < -0.39 is 14.9 Å². The van der Waals surface area contributed by atoms with Crippen molar-refractivity contribution in [3.63, 3.8) is 0 Å². The third kappa shape index (κ3) is 5.25. The van der Waals surface area contributed by atoms with E-state index in [4.69, 9.17) is 5.11 Å². The van der Waals surface area contributed by atoms with Gasteiger partial charge >= 0.3 is 0 Å². The van der Waals surface area contributed by atoms with Gasteiger partial charge in [-0.2, -0.15) is 13.5 Å². The van der Waals surface area contributed by atoms with E-state index in [0.29, 0.717) is 17.7 Å². The number of nitro groups is 1. The number of aliphatic hydroxyl groups excluding tert-OH is 1. The van der Waals surface area contributed by atoms with E-state index in [9.17, 15) is 18.5 Å². The van der Waals surface area contributed by atoms with Crippen molar-refractivity contribution in [3.05, 3.63) is 63.7 Å². The number of rotatable bonds is 8. The molecule has 0 saturated carbocycles. The number of nitrogens with one attached hydrogen (secondary N) is 1. The van der Waals surface area contributed by atoms with E-state index >= 15 is 0 Å². The van der Waals surface area contributed by atoms with E-state index in [1.54, 1.807) is 12.1 Å². The minimum absolute atomic E-state index is 0.0403. The molecular formula is C17H20N4O5S. The Bertz CT molecular complexity index is 942. The molecule has 0 bridgehead atoms. The Kier molecular flexibility index (Phi) is 6.48. The van der Waals surface area contributed by atoms with Crippen LogP contribution in [0.4, 0.5) is 11.4 Å². The summed E-state index contributed by atoms with van der Waals surface area (Å²) in [6.07, 6.45) is 1.33. The van der Waals surface area contributed by atoms with Gasteiger partial charge in [-0.25, -0.2) is 4.83 Å². The van der Waals surface area contributed by atoms with Gasteiger partial charge in [-0.3, -0.25) is 10.1 Å². The SMILES string of the molecule is Cc1ccc(S(=O)(=O)N/N=C/c2ccc(N(C)CCO)cc2)cc1[N+](=O)[O-]. The van der Waals surface area contributed by atoms with Gasteiger partial charge in [-0.05, 0) is 30.7 Å². The summed E-state index contributed by atoms with van der Waals surface area (Å²) in [6, 6.07) is 10.8. The molecule has 2 aromatic carbocycles. The van der Waals surface area contributed by atoms with Crippen LogP contribution in [0.25, 0.3) is 0 Å². The molecule has 0 saturated heterocycles. The highest BCUT2D eigenvalue weighted by Crippen LogP contribution is 2.22. The van der Waals surface area contributed by atoms with Crippen LogP contribution in [0.15, 0.2) is 52.5 Å². The molecule has 2 aromatic rings. The number of hydrogen-bond acceptors (Lipinski definition) is 7. The zero-order chi connectivity index (χ0) is 20.0. The van der Waals surface area contributed by atoms with Gasteiger partial charge in [-0.1, -0.05) is 18.2 Å². The summed E-state index contributed by atoms with van der Waals surface area (Å²) >= 11 is 0. The first-order chi connectivity index (χ1) is 12.7. The molecule has 0 atom stereocenters. The van der Waals surface area contributed by atoms with Crippen LogP contribution in [-0.4, -0.2) is 44.9 Å². The predicted molar refractivity (Wildman–Crippen MR) is 103 cm³/mol. The maximum absolute atomic E-state index is 12.2. The van der Waals surface area contributed by atoms with E-state index in [0.717, 1.165) is 11.8 Å². The summed E-state index contributed by atoms with van der Waals surface area (Å²) in [5.41, 5.74) is 1.65. The minimum atomic E-state index is -4.02. The molecule has 0 spiro atoms. The minimum Gasteiger partial charge on any atom is -0.395 e. The first kappa shape index (κ1) is 20.3. The normalized spacial score (nSPS) is 11.5. The number of hydrogen-bond donors (Lipinski definition) is 2. The fraction of sp³-hybridized carbons (Fsp3) is 0.235. The topological polar surface area (TPSA) is 125 Å². The molecule has 0 aromatic heterocycles. The lowest BCUT2D eigenvalue weighted by Crippen LogP contribution is -2.21. The van der Waals surface area contributed by atoms with Crippen LogP contribution in [0.1, 0.15) is 11.1 Å². The second-order valence-electron chi connectivity index (χ2n) is 5.80. The van der Waals surface area contributed by atoms with Crippen molar-refractivity contribution in [3.8, 4) is 0 Å². The first-order valence-corrected chi connectivity index (χ1v) is 9.45. The molecule has 144 valence electrons. The van der Waals surface area contributed by atoms with Crippen molar-refractivity contribution in [2.45, 2.75) is 11.8 Å². The molecule has 0 unspecified atom stereocenters. The van der Waals surface area contributed by atoms with Crippen molar-refractivity contribution in [1.29, 1.82) is 0 Å². The average molecular weight is 392 g/mol. The van der Waals surface area contributed by atoms with Crippen molar-refractivity contribution >= 4 is 27.6 Å². The van der Waals surface area contributed by atoms with Crippen LogP contribution < -0.4 is 9.73 Å². The molecule has 0 fully saturated rings. The molecule has 0 amide bonds. The largest absolute Gasteiger partial charge is 0.395 e. The van der Waals surface area contributed by atoms with Gasteiger partial charge in [0.1, 0.15) is 0 Å². The molecular weight excluding hydrogens is 372 g/mol. The number of likely N-dealkylation sites (N-methyl/N-ethyl adjacent to an activating group) is 1. The van der Waals surface area contributed by atoms with Gasteiger partial charge in [0.2, 0.25) is 0 Å². The summed E-state index contributed by atoms with van der Waals surface area (Å²) in [6.45, 7) is 2.07. The van der Waals surface area contributed by atoms with Crippen molar-refractivity contribution in [2.75, 3.05) is 25.1 Å². The molecule has 2 rings (SSSR count). The van der Waals surface area contributed by atoms with Crippen molar-refractivity contribution in [2.24, 2.45) is 5.10 Å². The number of anilines is 1. The predicted octanol–water partition coefficient (Wildman–Crippen LogP) is 1.64. The Morgan fingerprint density at radius 1 is 1.26 bits per heavy atom. The summed E-state index contributed by atoms with van der Waals surface area (Å²) in [4.78, 5) is 14.0. The monoisotopic (exact) mass is 392 g/mol. The van der Waals surface area contributed by atoms with E-state index in [-0.39, 0.29) is 17.2 Å². The maximum atomic E-state index is 12.2. The number of aliphatic hydroxyl groups is 1. The zero-order valence-corrected chi connectivity index (χ0v) is 15.7. The van der Waals surface area contributed by atoms with Crippen LogP contribution in [0.2, 0.25) is 0 Å². The molecule has 27 heavy (non-hydrogen) atoms. The molecule has 0 radical (unpaired) electrons. The van der Waals surface area contributed by atoms with Gasteiger partial charge in [0, 0.05) is 30.9 Å². The Labute approximate surface area is 157 Å².